The van der Waals surface area contributed by atoms with Gasteiger partial charge in [0.15, 0.2) is 0 Å². The van der Waals surface area contributed by atoms with Crippen LogP contribution in [0.3, 0.4) is 0 Å². The number of hydrogen-bond donors (Lipinski definition) is 2. The van der Waals surface area contributed by atoms with Crippen LogP contribution in [0.15, 0.2) is 24.3 Å². The highest BCUT2D eigenvalue weighted by atomic mass is 16.1. The molecule has 1 heterocycles. The van der Waals surface area contributed by atoms with Gasteiger partial charge in [0.1, 0.15) is 0 Å². The van der Waals surface area contributed by atoms with Gasteiger partial charge in [0.2, 0.25) is 5.91 Å². The first kappa shape index (κ1) is 13.7. The normalized spacial score (nSPS) is 15.1. The molecule has 0 radical (unpaired) electrons. The number of rotatable bonds is 5. The van der Waals surface area contributed by atoms with Crippen molar-refractivity contribution in [3.05, 3.63) is 24.3 Å². The lowest BCUT2D eigenvalue weighted by Gasteiger charge is -2.28. The minimum atomic E-state index is 0.0671. The minimum Gasteiger partial charge on any atom is -0.385 e. The van der Waals surface area contributed by atoms with Gasteiger partial charge in [0.05, 0.1) is 0 Å². The fraction of sp³-hybridized carbons (Fsp3) is 0.533. The SMILES string of the molecule is CNC(=O)CCNc1ccc(N2CCCCC2)cc1. The number of hydrogen-bond acceptors (Lipinski definition) is 3. The van der Waals surface area contributed by atoms with Crippen molar-refractivity contribution in [2.75, 3.05) is 36.9 Å². The molecule has 1 aliphatic rings. The number of piperidine rings is 1. The molecule has 0 aliphatic carbocycles. The van der Waals surface area contributed by atoms with Gasteiger partial charge in [0.25, 0.3) is 0 Å². The van der Waals surface area contributed by atoms with Crippen LogP contribution in [0.2, 0.25) is 0 Å². The van der Waals surface area contributed by atoms with Gasteiger partial charge in [-0.05, 0) is 43.5 Å². The zero-order chi connectivity index (χ0) is 13.5. The topological polar surface area (TPSA) is 44.4 Å². The molecule has 2 N–H and O–H groups in total. The minimum absolute atomic E-state index is 0.0671. The van der Waals surface area contributed by atoms with E-state index in [0.717, 1.165) is 5.69 Å². The monoisotopic (exact) mass is 261 g/mol. The van der Waals surface area contributed by atoms with Crippen LogP contribution in [0.5, 0.6) is 0 Å². The number of carbonyl (C=O) groups excluding carboxylic acids is 1. The Hall–Kier alpha value is -1.71. The van der Waals surface area contributed by atoms with Gasteiger partial charge in [-0.3, -0.25) is 4.79 Å². The molecule has 2 rings (SSSR count). The first-order valence-electron chi connectivity index (χ1n) is 7.09. The van der Waals surface area contributed by atoms with E-state index in [1.54, 1.807) is 7.05 Å². The average Bonchev–Trinajstić information content (AvgIpc) is 2.48. The van der Waals surface area contributed by atoms with Crippen LogP contribution >= 0.6 is 0 Å². The molecule has 1 aliphatic heterocycles. The second-order valence-electron chi connectivity index (χ2n) is 4.94. The van der Waals surface area contributed by atoms with E-state index in [-0.39, 0.29) is 5.91 Å². The van der Waals surface area contributed by atoms with Gasteiger partial charge in [-0.25, -0.2) is 0 Å². The summed E-state index contributed by atoms with van der Waals surface area (Å²) in [5.74, 6) is 0.0671. The zero-order valence-corrected chi connectivity index (χ0v) is 11.6. The fourth-order valence-electron chi connectivity index (χ4n) is 2.39. The lowest BCUT2D eigenvalue weighted by molar-refractivity contribution is -0.120. The molecule has 0 saturated carbocycles. The summed E-state index contributed by atoms with van der Waals surface area (Å²) >= 11 is 0. The molecule has 0 spiro atoms. The lowest BCUT2D eigenvalue weighted by Crippen LogP contribution is -2.29. The number of amides is 1. The molecule has 1 aromatic carbocycles. The summed E-state index contributed by atoms with van der Waals surface area (Å²) in [7, 11) is 1.66. The molecule has 1 saturated heterocycles. The van der Waals surface area contributed by atoms with Gasteiger partial charge in [-0.1, -0.05) is 0 Å². The Morgan fingerprint density at radius 3 is 2.47 bits per heavy atom. The van der Waals surface area contributed by atoms with Crippen LogP contribution < -0.4 is 15.5 Å². The van der Waals surface area contributed by atoms with Crippen molar-refractivity contribution in [1.29, 1.82) is 0 Å². The van der Waals surface area contributed by atoms with Gasteiger partial charge in [-0.2, -0.15) is 0 Å². The smallest absolute Gasteiger partial charge is 0.221 e. The summed E-state index contributed by atoms with van der Waals surface area (Å²) in [5.41, 5.74) is 2.38. The summed E-state index contributed by atoms with van der Waals surface area (Å²) in [6, 6.07) is 8.50. The van der Waals surface area contributed by atoms with Crippen molar-refractivity contribution in [1.82, 2.24) is 5.32 Å². The third-order valence-electron chi connectivity index (χ3n) is 3.55. The number of nitrogens with zero attached hydrogens (tertiary/aromatic N) is 1. The first-order valence-corrected chi connectivity index (χ1v) is 7.09. The third-order valence-corrected chi connectivity index (χ3v) is 3.55. The fourth-order valence-corrected chi connectivity index (χ4v) is 2.39. The van der Waals surface area contributed by atoms with E-state index >= 15 is 0 Å². The molecule has 1 fully saturated rings. The maximum atomic E-state index is 11.1. The van der Waals surface area contributed by atoms with E-state index in [0.29, 0.717) is 13.0 Å². The molecule has 0 bridgehead atoms. The van der Waals surface area contributed by atoms with E-state index in [4.69, 9.17) is 0 Å². The van der Waals surface area contributed by atoms with Gasteiger partial charge in [-0.15, -0.1) is 0 Å². The van der Waals surface area contributed by atoms with Gasteiger partial charge in [0, 0.05) is 44.5 Å². The zero-order valence-electron chi connectivity index (χ0n) is 11.6. The number of benzene rings is 1. The molecule has 1 amide bonds. The van der Waals surface area contributed by atoms with Crippen molar-refractivity contribution >= 4 is 17.3 Å². The second-order valence-corrected chi connectivity index (χ2v) is 4.94. The van der Waals surface area contributed by atoms with E-state index in [9.17, 15) is 4.79 Å². The molecular weight excluding hydrogens is 238 g/mol. The Bertz CT molecular complexity index is 396. The molecule has 0 unspecified atom stereocenters. The highest BCUT2D eigenvalue weighted by Crippen LogP contribution is 2.21. The van der Waals surface area contributed by atoms with Crippen LogP contribution in [-0.4, -0.2) is 32.6 Å². The van der Waals surface area contributed by atoms with E-state index in [1.165, 1.54) is 38.0 Å². The second kappa shape index (κ2) is 7.02. The summed E-state index contributed by atoms with van der Waals surface area (Å²) in [4.78, 5) is 13.5. The lowest BCUT2D eigenvalue weighted by atomic mass is 10.1. The molecule has 0 atom stereocenters. The predicted molar refractivity (Wildman–Crippen MR) is 79.7 cm³/mol. The van der Waals surface area contributed by atoms with Crippen LogP contribution in [0.25, 0.3) is 0 Å². The summed E-state index contributed by atoms with van der Waals surface area (Å²) < 4.78 is 0. The van der Waals surface area contributed by atoms with Crippen molar-refractivity contribution < 1.29 is 4.79 Å². The maximum Gasteiger partial charge on any atom is 0.221 e. The highest BCUT2D eigenvalue weighted by Gasteiger charge is 2.10. The van der Waals surface area contributed by atoms with Crippen LogP contribution in [-0.2, 0) is 4.79 Å². The van der Waals surface area contributed by atoms with E-state index in [2.05, 4.69) is 39.8 Å². The quantitative estimate of drug-likeness (QED) is 0.854. The molecule has 1 aromatic rings. The number of nitrogens with one attached hydrogen (secondary N) is 2. The molecule has 4 nitrogen and oxygen atoms in total. The number of anilines is 2. The molecule has 19 heavy (non-hydrogen) atoms. The molecule has 104 valence electrons. The Labute approximate surface area is 115 Å². The summed E-state index contributed by atoms with van der Waals surface area (Å²) in [6.07, 6.45) is 4.46. The Morgan fingerprint density at radius 2 is 1.84 bits per heavy atom. The molecular formula is C15H23N3O. The Balaban J connectivity index is 1.82. The predicted octanol–water partition coefficient (Wildman–Crippen LogP) is 2.22. The highest BCUT2D eigenvalue weighted by molar-refractivity contribution is 5.76. The molecule has 4 heteroatoms. The van der Waals surface area contributed by atoms with E-state index < -0.39 is 0 Å². The summed E-state index contributed by atoms with van der Waals surface area (Å²) in [5, 5.41) is 5.88. The average molecular weight is 261 g/mol. The van der Waals surface area contributed by atoms with Crippen LogP contribution in [0.1, 0.15) is 25.7 Å². The van der Waals surface area contributed by atoms with Crippen molar-refractivity contribution in [3.8, 4) is 0 Å². The third kappa shape index (κ3) is 4.16. The summed E-state index contributed by atoms with van der Waals surface area (Å²) in [6.45, 7) is 3.01. The van der Waals surface area contributed by atoms with Crippen LogP contribution in [0.4, 0.5) is 11.4 Å². The van der Waals surface area contributed by atoms with Crippen molar-refractivity contribution in [2.24, 2.45) is 0 Å². The maximum absolute atomic E-state index is 11.1. The van der Waals surface area contributed by atoms with Gasteiger partial charge < -0.3 is 15.5 Å². The van der Waals surface area contributed by atoms with Crippen LogP contribution in [0, 0.1) is 0 Å². The largest absolute Gasteiger partial charge is 0.385 e. The Kier molecular flexibility index (Phi) is 5.07. The first-order chi connectivity index (χ1) is 9.29. The Morgan fingerprint density at radius 1 is 1.16 bits per heavy atom. The standard InChI is InChI=1S/C15H23N3O/c1-16-15(19)9-10-17-13-5-7-14(8-6-13)18-11-3-2-4-12-18/h5-8,17H,2-4,9-12H2,1H3,(H,16,19). The molecule has 0 aromatic heterocycles. The van der Waals surface area contributed by atoms with Crippen molar-refractivity contribution in [2.45, 2.75) is 25.7 Å². The number of carbonyl (C=O) groups is 1. The van der Waals surface area contributed by atoms with Crippen molar-refractivity contribution in [3.63, 3.8) is 0 Å². The van der Waals surface area contributed by atoms with Gasteiger partial charge >= 0.3 is 0 Å². The van der Waals surface area contributed by atoms with E-state index in [1.807, 2.05) is 0 Å².